The summed E-state index contributed by atoms with van der Waals surface area (Å²) in [6, 6.07) is 7.18. The summed E-state index contributed by atoms with van der Waals surface area (Å²) < 4.78 is 0. The van der Waals surface area contributed by atoms with Crippen molar-refractivity contribution >= 4 is 11.7 Å². The second-order valence-electron chi connectivity index (χ2n) is 4.55. The van der Waals surface area contributed by atoms with Crippen LogP contribution in [-0.4, -0.2) is 17.7 Å². The van der Waals surface area contributed by atoms with Gasteiger partial charge in [-0.1, -0.05) is 30.7 Å². The zero-order chi connectivity index (χ0) is 12.3. The Labute approximate surface area is 101 Å². The van der Waals surface area contributed by atoms with Gasteiger partial charge in [-0.3, -0.25) is 9.59 Å². The number of carbonyl (C=O) groups is 2. The highest BCUT2D eigenvalue weighted by molar-refractivity contribution is 6.03. The predicted octanol–water partition coefficient (Wildman–Crippen LogP) is 2.24. The van der Waals surface area contributed by atoms with Crippen molar-refractivity contribution in [2.45, 2.75) is 38.6 Å². The first-order valence-corrected chi connectivity index (χ1v) is 6.07. The number of aryl methyl sites for hydroxylation is 1. The molecule has 1 aliphatic rings. The highest BCUT2D eigenvalue weighted by Crippen LogP contribution is 2.16. The normalized spacial score (nSPS) is 20.5. The van der Waals surface area contributed by atoms with Gasteiger partial charge in [-0.2, -0.15) is 0 Å². The molecule has 17 heavy (non-hydrogen) atoms. The minimum Gasteiger partial charge on any atom is -0.346 e. The highest BCUT2D eigenvalue weighted by atomic mass is 16.2. The molecule has 1 amide bonds. The van der Waals surface area contributed by atoms with Gasteiger partial charge in [0.2, 0.25) is 5.91 Å². The summed E-state index contributed by atoms with van der Waals surface area (Å²) >= 11 is 0. The molecule has 3 heteroatoms. The van der Waals surface area contributed by atoms with Crippen molar-refractivity contribution in [1.29, 1.82) is 0 Å². The van der Waals surface area contributed by atoms with Gasteiger partial charge < -0.3 is 5.32 Å². The Balaban J connectivity index is 2.19. The van der Waals surface area contributed by atoms with Gasteiger partial charge >= 0.3 is 0 Å². The van der Waals surface area contributed by atoms with Crippen LogP contribution in [0.2, 0.25) is 0 Å². The van der Waals surface area contributed by atoms with E-state index in [1.807, 2.05) is 31.2 Å². The molecule has 0 spiro atoms. The number of carbonyl (C=O) groups excluding carboxylic acids is 2. The number of ketones is 1. The topological polar surface area (TPSA) is 46.2 Å². The van der Waals surface area contributed by atoms with E-state index in [9.17, 15) is 9.59 Å². The van der Waals surface area contributed by atoms with Crippen LogP contribution in [0.25, 0.3) is 0 Å². The smallest absolute Gasteiger partial charge is 0.220 e. The van der Waals surface area contributed by atoms with E-state index in [2.05, 4.69) is 5.32 Å². The first-order chi connectivity index (χ1) is 8.18. The maximum Gasteiger partial charge on any atom is 0.220 e. The molecule has 3 nitrogen and oxygen atoms in total. The van der Waals surface area contributed by atoms with Gasteiger partial charge in [-0.15, -0.1) is 0 Å². The molecule has 1 aromatic carbocycles. The molecule has 0 saturated carbocycles. The predicted molar refractivity (Wildman–Crippen MR) is 65.9 cm³/mol. The van der Waals surface area contributed by atoms with E-state index in [4.69, 9.17) is 0 Å². The van der Waals surface area contributed by atoms with E-state index >= 15 is 0 Å². The van der Waals surface area contributed by atoms with Crippen LogP contribution in [0.3, 0.4) is 0 Å². The number of rotatable bonds is 2. The first kappa shape index (κ1) is 11.8. The molecule has 2 rings (SSSR count). The molecule has 0 aliphatic carbocycles. The average molecular weight is 231 g/mol. The largest absolute Gasteiger partial charge is 0.346 e. The zero-order valence-electron chi connectivity index (χ0n) is 10.0. The Hall–Kier alpha value is -1.64. The van der Waals surface area contributed by atoms with Crippen LogP contribution < -0.4 is 5.32 Å². The van der Waals surface area contributed by atoms with Crippen LogP contribution in [0.15, 0.2) is 24.3 Å². The van der Waals surface area contributed by atoms with E-state index in [1.165, 1.54) is 0 Å². The summed E-state index contributed by atoms with van der Waals surface area (Å²) in [7, 11) is 0. The fraction of sp³-hybridized carbons (Fsp3) is 0.429. The second kappa shape index (κ2) is 5.13. The number of hydrogen-bond donors (Lipinski definition) is 1. The lowest BCUT2D eigenvalue weighted by molar-refractivity contribution is -0.121. The maximum absolute atomic E-state index is 12.3. The van der Waals surface area contributed by atoms with E-state index in [1.54, 1.807) is 0 Å². The molecule has 1 aromatic rings. The first-order valence-electron chi connectivity index (χ1n) is 6.07. The summed E-state index contributed by atoms with van der Waals surface area (Å²) in [6.45, 7) is 1.92. The molecule has 0 bridgehead atoms. The van der Waals surface area contributed by atoms with E-state index in [-0.39, 0.29) is 17.7 Å². The number of Topliss-reactive ketones (excluding diaryl/α,β-unsaturated/α-hetero) is 1. The third kappa shape index (κ3) is 2.73. The van der Waals surface area contributed by atoms with Crippen LogP contribution in [0, 0.1) is 6.92 Å². The fourth-order valence-electron chi connectivity index (χ4n) is 2.21. The van der Waals surface area contributed by atoms with Crippen molar-refractivity contribution in [2.75, 3.05) is 0 Å². The molecule has 1 fully saturated rings. The van der Waals surface area contributed by atoms with Crippen LogP contribution in [0.4, 0.5) is 0 Å². The summed E-state index contributed by atoms with van der Waals surface area (Å²) in [5, 5.41) is 2.82. The molecule has 90 valence electrons. The summed E-state index contributed by atoms with van der Waals surface area (Å²) in [6.07, 6.45) is 3.10. The maximum atomic E-state index is 12.3. The van der Waals surface area contributed by atoms with Gasteiger partial charge in [0.25, 0.3) is 0 Å². The van der Waals surface area contributed by atoms with Crippen LogP contribution >= 0.6 is 0 Å². The SMILES string of the molecule is Cc1ccccc1C(=O)C1CCCCC(=O)N1. The fourth-order valence-corrected chi connectivity index (χ4v) is 2.21. The molecule has 1 aliphatic heterocycles. The zero-order valence-corrected chi connectivity index (χ0v) is 10.0. The molecule has 1 saturated heterocycles. The molecule has 1 N–H and O–H groups in total. The lowest BCUT2D eigenvalue weighted by Gasteiger charge is -2.15. The molecule has 1 atom stereocenters. The number of amides is 1. The van der Waals surface area contributed by atoms with E-state index in [0.29, 0.717) is 6.42 Å². The van der Waals surface area contributed by atoms with Crippen molar-refractivity contribution in [3.05, 3.63) is 35.4 Å². The number of nitrogens with one attached hydrogen (secondary N) is 1. The average Bonchev–Trinajstić information content (AvgIpc) is 2.54. The van der Waals surface area contributed by atoms with E-state index < -0.39 is 0 Å². The summed E-state index contributed by atoms with van der Waals surface area (Å²) in [5.74, 6) is 0.0350. The molecular weight excluding hydrogens is 214 g/mol. The van der Waals surface area contributed by atoms with Crippen LogP contribution in [-0.2, 0) is 4.79 Å². The number of hydrogen-bond acceptors (Lipinski definition) is 2. The van der Waals surface area contributed by atoms with Crippen LogP contribution in [0.5, 0.6) is 0 Å². The van der Waals surface area contributed by atoms with Gasteiger partial charge in [-0.05, 0) is 25.3 Å². The van der Waals surface area contributed by atoms with Gasteiger partial charge in [0.15, 0.2) is 5.78 Å². The highest BCUT2D eigenvalue weighted by Gasteiger charge is 2.24. The minimum atomic E-state index is -0.342. The molecule has 1 unspecified atom stereocenters. The lowest BCUT2D eigenvalue weighted by atomic mass is 9.97. The molecule has 0 aromatic heterocycles. The van der Waals surface area contributed by atoms with Gasteiger partial charge in [0.1, 0.15) is 0 Å². The third-order valence-corrected chi connectivity index (χ3v) is 3.21. The molecule has 1 heterocycles. The van der Waals surface area contributed by atoms with Crippen LogP contribution in [0.1, 0.15) is 41.6 Å². The van der Waals surface area contributed by atoms with Gasteiger partial charge in [0, 0.05) is 12.0 Å². The monoisotopic (exact) mass is 231 g/mol. The molecular formula is C14H17NO2. The van der Waals surface area contributed by atoms with Crippen molar-refractivity contribution in [3.8, 4) is 0 Å². The minimum absolute atomic E-state index is 0.00515. The quantitative estimate of drug-likeness (QED) is 0.793. The van der Waals surface area contributed by atoms with Gasteiger partial charge in [-0.25, -0.2) is 0 Å². The van der Waals surface area contributed by atoms with Crippen molar-refractivity contribution in [3.63, 3.8) is 0 Å². The van der Waals surface area contributed by atoms with E-state index in [0.717, 1.165) is 30.4 Å². The summed E-state index contributed by atoms with van der Waals surface area (Å²) in [4.78, 5) is 23.8. The number of benzene rings is 1. The second-order valence-corrected chi connectivity index (χ2v) is 4.55. The van der Waals surface area contributed by atoms with Crippen molar-refractivity contribution in [2.24, 2.45) is 0 Å². The standard InChI is InChI=1S/C14H17NO2/c1-10-6-2-3-7-11(10)14(17)12-8-4-5-9-13(16)15-12/h2-3,6-7,12H,4-5,8-9H2,1H3,(H,15,16). The Morgan fingerprint density at radius 2 is 2.06 bits per heavy atom. The lowest BCUT2D eigenvalue weighted by Crippen LogP contribution is -2.39. The van der Waals surface area contributed by atoms with Crippen molar-refractivity contribution < 1.29 is 9.59 Å². The third-order valence-electron chi connectivity index (χ3n) is 3.21. The Kier molecular flexibility index (Phi) is 3.57. The van der Waals surface area contributed by atoms with Gasteiger partial charge in [0.05, 0.1) is 6.04 Å². The Morgan fingerprint density at radius 3 is 2.82 bits per heavy atom. The summed E-state index contributed by atoms with van der Waals surface area (Å²) in [5.41, 5.74) is 1.69. The Morgan fingerprint density at radius 1 is 1.29 bits per heavy atom. The Bertz CT molecular complexity index is 440. The van der Waals surface area contributed by atoms with Crippen molar-refractivity contribution in [1.82, 2.24) is 5.32 Å². The molecule has 0 radical (unpaired) electrons.